The smallest absolute Gasteiger partial charge is 0.231 e. The average molecular weight is 501 g/mol. The Bertz CT molecular complexity index is 1200. The molecule has 3 aromatic rings. The third-order valence-electron chi connectivity index (χ3n) is 6.07. The Labute approximate surface area is 207 Å². The molecule has 6 nitrogen and oxygen atoms in total. The number of phenolic OH excluding ortho intramolecular Hbond substituents is 1. The summed E-state index contributed by atoms with van der Waals surface area (Å²) in [5.74, 6) is -3.59. The second-order valence-corrected chi connectivity index (χ2v) is 9.06. The maximum Gasteiger partial charge on any atom is 0.231 e. The number of amides is 1. The van der Waals surface area contributed by atoms with Crippen molar-refractivity contribution in [3.05, 3.63) is 82.0 Å². The van der Waals surface area contributed by atoms with Crippen molar-refractivity contribution in [2.75, 3.05) is 26.2 Å². The lowest BCUT2D eigenvalue weighted by atomic mass is 9.92. The molecule has 0 spiro atoms. The molecule has 2 heterocycles. The predicted octanol–water partition coefficient (Wildman–Crippen LogP) is 4.19. The van der Waals surface area contributed by atoms with Gasteiger partial charge < -0.3 is 16.2 Å². The molecule has 4 N–H and O–H groups in total. The van der Waals surface area contributed by atoms with Crippen LogP contribution in [0.15, 0.2) is 48.5 Å². The molecule has 0 aliphatic carbocycles. The normalized spacial score (nSPS) is 15.9. The number of pyridine rings is 1. The number of hydrogen-bond donors (Lipinski definition) is 3. The second-order valence-electron chi connectivity index (χ2n) is 8.65. The maximum absolute atomic E-state index is 14.7. The summed E-state index contributed by atoms with van der Waals surface area (Å²) in [6, 6.07) is 11.2. The first kappa shape index (κ1) is 25.0. The number of rotatable bonds is 6. The first-order valence-electron chi connectivity index (χ1n) is 11.5. The van der Waals surface area contributed by atoms with Crippen LogP contribution in [0.25, 0.3) is 11.3 Å². The average Bonchev–Trinajstić information content (AvgIpc) is 2.77. The summed E-state index contributed by atoms with van der Waals surface area (Å²) in [5.41, 5.74) is 7.25. The van der Waals surface area contributed by atoms with Crippen LogP contribution < -0.4 is 11.1 Å². The van der Waals surface area contributed by atoms with Crippen LogP contribution in [0.2, 0.25) is 5.02 Å². The van der Waals surface area contributed by atoms with E-state index in [1.54, 1.807) is 24.3 Å². The number of hydrogen-bond acceptors (Lipinski definition) is 5. The molecule has 4 rings (SSSR count). The number of phenols is 1. The van der Waals surface area contributed by atoms with Crippen molar-refractivity contribution < 1.29 is 18.7 Å². The molecule has 1 unspecified atom stereocenters. The fourth-order valence-electron chi connectivity index (χ4n) is 4.44. The lowest BCUT2D eigenvalue weighted by Gasteiger charge is -2.26. The highest BCUT2D eigenvalue weighted by Crippen LogP contribution is 2.37. The van der Waals surface area contributed by atoms with Gasteiger partial charge in [-0.2, -0.15) is 0 Å². The minimum Gasteiger partial charge on any atom is -0.508 e. The van der Waals surface area contributed by atoms with Gasteiger partial charge >= 0.3 is 0 Å². The fraction of sp³-hybridized carbons (Fsp3) is 0.308. The van der Waals surface area contributed by atoms with Gasteiger partial charge in [-0.05, 0) is 81.0 Å². The molecule has 0 radical (unpaired) electrons. The summed E-state index contributed by atoms with van der Waals surface area (Å²) < 4.78 is 28.3. The summed E-state index contributed by atoms with van der Waals surface area (Å²) in [6.45, 7) is 4.15. The van der Waals surface area contributed by atoms with E-state index in [4.69, 9.17) is 17.3 Å². The van der Waals surface area contributed by atoms with Crippen molar-refractivity contribution in [3.63, 3.8) is 0 Å². The number of nitrogens with zero attached hydrogens (tertiary/aromatic N) is 2. The molecule has 0 bridgehead atoms. The van der Waals surface area contributed by atoms with Gasteiger partial charge in [0.2, 0.25) is 5.91 Å². The van der Waals surface area contributed by atoms with E-state index >= 15 is 0 Å². The van der Waals surface area contributed by atoms with Crippen LogP contribution in [0.1, 0.15) is 35.6 Å². The van der Waals surface area contributed by atoms with Crippen molar-refractivity contribution in [3.8, 4) is 17.0 Å². The highest BCUT2D eigenvalue weighted by atomic mass is 35.5. The number of primary amides is 1. The van der Waals surface area contributed by atoms with Crippen LogP contribution in [0.3, 0.4) is 0 Å². The zero-order valence-corrected chi connectivity index (χ0v) is 19.9. The first-order valence-corrected chi connectivity index (χ1v) is 11.9. The molecule has 1 fully saturated rings. The van der Waals surface area contributed by atoms with E-state index in [-0.39, 0.29) is 33.3 Å². The van der Waals surface area contributed by atoms with Gasteiger partial charge in [0.05, 0.1) is 11.4 Å². The van der Waals surface area contributed by atoms with Gasteiger partial charge in [0.1, 0.15) is 23.3 Å². The molecule has 1 aromatic heterocycles. The zero-order valence-electron chi connectivity index (χ0n) is 19.1. The molecule has 1 atom stereocenters. The quantitative estimate of drug-likeness (QED) is 0.472. The Morgan fingerprint density at radius 2 is 1.89 bits per heavy atom. The monoisotopic (exact) mass is 500 g/mol. The Kier molecular flexibility index (Phi) is 7.95. The number of carbonyl (C=O) groups is 1. The largest absolute Gasteiger partial charge is 0.508 e. The number of benzene rings is 2. The van der Waals surface area contributed by atoms with E-state index < -0.39 is 23.5 Å². The molecule has 35 heavy (non-hydrogen) atoms. The third kappa shape index (κ3) is 5.96. The standard InChI is InChI=1S/C26H27ClF2N4O2/c27-19-4-1-5-23(34)24(19)25(26(30)35)22-13-16(15-33-10-2-8-31-9-3-11-33)12-21(32-22)18-7-6-17(28)14-20(18)29/h1,4-7,12-14,25,31,34H,2-3,8-11,15H2,(H2,30,35). The molecule has 1 aliphatic rings. The van der Waals surface area contributed by atoms with Crippen molar-refractivity contribution in [2.24, 2.45) is 5.73 Å². The number of carbonyl (C=O) groups excluding carboxylic acids is 1. The highest BCUT2D eigenvalue weighted by molar-refractivity contribution is 6.32. The molecular formula is C26H27ClF2N4O2. The first-order chi connectivity index (χ1) is 16.8. The molecule has 1 saturated heterocycles. The van der Waals surface area contributed by atoms with Gasteiger partial charge in [-0.1, -0.05) is 17.7 Å². The van der Waals surface area contributed by atoms with Gasteiger partial charge in [0, 0.05) is 28.8 Å². The summed E-state index contributed by atoms with van der Waals surface area (Å²) in [6.07, 6.45) is 1.96. The molecular weight excluding hydrogens is 474 g/mol. The van der Waals surface area contributed by atoms with Crippen LogP contribution in [0.4, 0.5) is 8.78 Å². The van der Waals surface area contributed by atoms with E-state index in [1.807, 2.05) is 0 Å². The summed E-state index contributed by atoms with van der Waals surface area (Å²) in [4.78, 5) is 19.4. The summed E-state index contributed by atoms with van der Waals surface area (Å²) in [7, 11) is 0. The third-order valence-corrected chi connectivity index (χ3v) is 6.40. The number of aromatic nitrogens is 1. The predicted molar refractivity (Wildman–Crippen MR) is 131 cm³/mol. The van der Waals surface area contributed by atoms with Gasteiger partial charge in [-0.3, -0.25) is 14.7 Å². The number of aromatic hydroxyl groups is 1. The Hall–Kier alpha value is -3.07. The van der Waals surface area contributed by atoms with Gasteiger partial charge in [0.25, 0.3) is 0 Å². The van der Waals surface area contributed by atoms with Gasteiger partial charge in [-0.25, -0.2) is 8.78 Å². The minimum absolute atomic E-state index is 0.0953. The maximum atomic E-state index is 14.7. The van der Waals surface area contributed by atoms with Crippen LogP contribution in [0.5, 0.6) is 5.75 Å². The lowest BCUT2D eigenvalue weighted by Crippen LogP contribution is -2.33. The van der Waals surface area contributed by atoms with Gasteiger partial charge in [-0.15, -0.1) is 0 Å². The van der Waals surface area contributed by atoms with E-state index in [2.05, 4.69) is 15.2 Å². The number of nitrogens with one attached hydrogen (secondary N) is 1. The number of halogens is 3. The summed E-state index contributed by atoms with van der Waals surface area (Å²) >= 11 is 6.34. The molecule has 0 saturated carbocycles. The van der Waals surface area contributed by atoms with Gasteiger partial charge in [0.15, 0.2) is 0 Å². The van der Waals surface area contributed by atoms with Crippen molar-refractivity contribution in [2.45, 2.75) is 25.3 Å². The Morgan fingerprint density at radius 3 is 2.54 bits per heavy atom. The zero-order chi connectivity index (χ0) is 24.9. The minimum atomic E-state index is -1.16. The lowest BCUT2D eigenvalue weighted by molar-refractivity contribution is -0.118. The van der Waals surface area contributed by atoms with Crippen molar-refractivity contribution in [1.29, 1.82) is 0 Å². The Balaban J connectivity index is 1.83. The van der Waals surface area contributed by atoms with E-state index in [9.17, 15) is 18.7 Å². The molecule has 2 aromatic carbocycles. The van der Waals surface area contributed by atoms with Crippen LogP contribution in [-0.4, -0.2) is 47.1 Å². The van der Waals surface area contributed by atoms with E-state index in [1.165, 1.54) is 12.1 Å². The molecule has 1 aliphatic heterocycles. The van der Waals surface area contributed by atoms with Crippen LogP contribution >= 0.6 is 11.6 Å². The fourth-order valence-corrected chi connectivity index (χ4v) is 4.72. The highest BCUT2D eigenvalue weighted by Gasteiger charge is 2.28. The Morgan fingerprint density at radius 1 is 1.14 bits per heavy atom. The number of nitrogens with two attached hydrogens (primary N) is 1. The molecule has 184 valence electrons. The van der Waals surface area contributed by atoms with E-state index in [0.717, 1.165) is 56.7 Å². The summed E-state index contributed by atoms with van der Waals surface area (Å²) in [5, 5.41) is 14.0. The van der Waals surface area contributed by atoms with E-state index in [0.29, 0.717) is 6.54 Å². The second kappa shape index (κ2) is 11.1. The van der Waals surface area contributed by atoms with Crippen molar-refractivity contribution in [1.82, 2.24) is 15.2 Å². The molecule has 1 amide bonds. The van der Waals surface area contributed by atoms with Crippen LogP contribution in [0, 0.1) is 11.6 Å². The molecule has 9 heteroatoms. The van der Waals surface area contributed by atoms with Crippen molar-refractivity contribution >= 4 is 17.5 Å². The SMILES string of the molecule is NC(=O)C(c1cc(CN2CCCNCCC2)cc(-c2ccc(F)cc2F)n1)c1c(O)cccc1Cl. The topological polar surface area (TPSA) is 91.5 Å². The van der Waals surface area contributed by atoms with Crippen LogP contribution in [-0.2, 0) is 11.3 Å².